The van der Waals surface area contributed by atoms with Gasteiger partial charge in [-0.3, -0.25) is 14.9 Å². The van der Waals surface area contributed by atoms with Crippen molar-refractivity contribution < 1.29 is 9.59 Å². The summed E-state index contributed by atoms with van der Waals surface area (Å²) in [4.78, 5) is 23.3. The van der Waals surface area contributed by atoms with E-state index in [0.717, 1.165) is 35.3 Å². The highest BCUT2D eigenvalue weighted by atomic mass is 32.2. The minimum atomic E-state index is -0.317. The zero-order valence-corrected chi connectivity index (χ0v) is 13.2. The second kappa shape index (κ2) is 5.85. The van der Waals surface area contributed by atoms with Crippen molar-refractivity contribution in [3.63, 3.8) is 0 Å². The number of nitrogens with one attached hydrogen (secondary N) is 1. The Kier molecular flexibility index (Phi) is 3.90. The molecule has 1 aromatic heterocycles. The van der Waals surface area contributed by atoms with E-state index in [0.29, 0.717) is 4.91 Å². The molecule has 1 aliphatic rings. The molecule has 2 amide bonds. The van der Waals surface area contributed by atoms with Crippen LogP contribution in [0, 0.1) is 13.8 Å². The zero-order chi connectivity index (χ0) is 15.7. The van der Waals surface area contributed by atoms with Gasteiger partial charge in [0, 0.05) is 17.9 Å². The highest BCUT2D eigenvalue weighted by Crippen LogP contribution is 2.28. The number of aromatic nitrogens is 1. The fourth-order valence-corrected chi connectivity index (χ4v) is 3.22. The summed E-state index contributed by atoms with van der Waals surface area (Å²) >= 11 is 0.949. The molecule has 0 bridgehead atoms. The molecular formula is C17H16N2O2S. The molecule has 2 heterocycles. The van der Waals surface area contributed by atoms with Crippen molar-refractivity contribution in [3.05, 3.63) is 63.8 Å². The van der Waals surface area contributed by atoms with E-state index in [1.54, 1.807) is 6.08 Å². The van der Waals surface area contributed by atoms with Gasteiger partial charge in [-0.2, -0.15) is 0 Å². The van der Waals surface area contributed by atoms with Gasteiger partial charge in [0.1, 0.15) is 0 Å². The van der Waals surface area contributed by atoms with Crippen LogP contribution in [0.1, 0.15) is 22.5 Å². The summed E-state index contributed by atoms with van der Waals surface area (Å²) in [6.07, 6.45) is 1.79. The highest BCUT2D eigenvalue weighted by Gasteiger charge is 2.25. The Labute approximate surface area is 133 Å². The van der Waals surface area contributed by atoms with E-state index in [9.17, 15) is 9.59 Å². The molecule has 2 aromatic rings. The Morgan fingerprint density at radius 1 is 1.18 bits per heavy atom. The van der Waals surface area contributed by atoms with Crippen LogP contribution in [0.3, 0.4) is 0 Å². The van der Waals surface area contributed by atoms with Gasteiger partial charge in [0.15, 0.2) is 0 Å². The summed E-state index contributed by atoms with van der Waals surface area (Å²) in [5.74, 6) is -0.317. The number of rotatable bonds is 3. The van der Waals surface area contributed by atoms with Gasteiger partial charge in [-0.25, -0.2) is 0 Å². The lowest BCUT2D eigenvalue weighted by molar-refractivity contribution is -0.115. The van der Waals surface area contributed by atoms with Gasteiger partial charge in [0.05, 0.1) is 4.91 Å². The number of amides is 2. The van der Waals surface area contributed by atoms with Crippen LogP contribution in [0.15, 0.2) is 41.3 Å². The summed E-state index contributed by atoms with van der Waals surface area (Å²) in [7, 11) is 0. The van der Waals surface area contributed by atoms with Crippen molar-refractivity contribution in [3.8, 4) is 0 Å². The van der Waals surface area contributed by atoms with E-state index in [2.05, 4.69) is 22.0 Å². The van der Waals surface area contributed by atoms with Crippen LogP contribution in [0.2, 0.25) is 0 Å². The van der Waals surface area contributed by atoms with Crippen LogP contribution in [0.4, 0.5) is 4.79 Å². The summed E-state index contributed by atoms with van der Waals surface area (Å²) in [6.45, 7) is 4.87. The summed E-state index contributed by atoms with van der Waals surface area (Å²) in [6, 6.07) is 12.3. The van der Waals surface area contributed by atoms with Crippen molar-refractivity contribution in [2.24, 2.45) is 0 Å². The third-order valence-electron chi connectivity index (χ3n) is 3.72. The average molecular weight is 312 g/mol. The van der Waals surface area contributed by atoms with E-state index in [1.165, 1.54) is 5.56 Å². The molecule has 0 radical (unpaired) electrons. The molecule has 0 unspecified atom stereocenters. The second-order valence-corrected chi connectivity index (χ2v) is 6.27. The molecule has 0 spiro atoms. The molecule has 1 aliphatic heterocycles. The number of carbonyl (C=O) groups excluding carboxylic acids is 2. The maximum atomic E-state index is 11.7. The molecule has 112 valence electrons. The summed E-state index contributed by atoms with van der Waals surface area (Å²) < 4.78 is 2.21. The second-order valence-electron chi connectivity index (χ2n) is 5.25. The quantitative estimate of drug-likeness (QED) is 0.883. The molecule has 1 N–H and O–H groups in total. The molecule has 0 aliphatic carbocycles. The van der Waals surface area contributed by atoms with Crippen LogP contribution >= 0.6 is 11.8 Å². The Hall–Kier alpha value is -2.27. The lowest BCUT2D eigenvalue weighted by Gasteiger charge is -2.09. The van der Waals surface area contributed by atoms with Crippen LogP contribution in [0.5, 0.6) is 0 Å². The normalized spacial score (nSPS) is 16.4. The fourth-order valence-electron chi connectivity index (χ4n) is 2.55. The SMILES string of the molecule is Cc1cc(/C=C2\SC(=O)NC2=O)c(C)n1Cc1ccccc1. The molecule has 3 rings (SSSR count). The van der Waals surface area contributed by atoms with Crippen LogP contribution < -0.4 is 5.32 Å². The fraction of sp³-hybridized carbons (Fsp3) is 0.176. The van der Waals surface area contributed by atoms with Crippen molar-refractivity contribution in [2.75, 3.05) is 0 Å². The van der Waals surface area contributed by atoms with Crippen molar-refractivity contribution >= 4 is 29.0 Å². The Bertz CT molecular complexity index is 775. The summed E-state index contributed by atoms with van der Waals surface area (Å²) in [5.41, 5.74) is 4.41. The minimum Gasteiger partial charge on any atom is -0.344 e. The topological polar surface area (TPSA) is 51.1 Å². The molecule has 4 nitrogen and oxygen atoms in total. The predicted molar refractivity (Wildman–Crippen MR) is 88.6 cm³/mol. The third-order valence-corrected chi connectivity index (χ3v) is 4.54. The standard InChI is InChI=1S/C17H16N2O2S/c1-11-8-14(9-15-16(20)18-17(21)22-15)12(2)19(11)10-13-6-4-3-5-7-13/h3-9H,10H2,1-2H3,(H,18,20,21)/b15-9-. The number of hydrogen-bond donors (Lipinski definition) is 1. The summed E-state index contributed by atoms with van der Waals surface area (Å²) in [5, 5.41) is 1.97. The lowest BCUT2D eigenvalue weighted by Crippen LogP contribution is -2.17. The number of imide groups is 1. The number of thioether (sulfide) groups is 1. The van der Waals surface area contributed by atoms with Gasteiger partial charge in [-0.15, -0.1) is 0 Å². The number of hydrogen-bond acceptors (Lipinski definition) is 3. The monoisotopic (exact) mass is 312 g/mol. The maximum Gasteiger partial charge on any atom is 0.290 e. The number of aryl methyl sites for hydroxylation is 1. The molecule has 1 aromatic carbocycles. The molecule has 5 heteroatoms. The zero-order valence-electron chi connectivity index (χ0n) is 12.4. The highest BCUT2D eigenvalue weighted by molar-refractivity contribution is 8.18. The first-order valence-corrected chi connectivity index (χ1v) is 7.82. The average Bonchev–Trinajstić information content (AvgIpc) is 2.94. The lowest BCUT2D eigenvalue weighted by atomic mass is 10.2. The van der Waals surface area contributed by atoms with Crippen molar-refractivity contribution in [2.45, 2.75) is 20.4 Å². The molecule has 1 saturated heterocycles. The van der Waals surface area contributed by atoms with Gasteiger partial charge in [0.2, 0.25) is 0 Å². The van der Waals surface area contributed by atoms with E-state index < -0.39 is 0 Å². The third kappa shape index (κ3) is 2.85. The number of carbonyl (C=O) groups is 2. The number of benzene rings is 1. The smallest absolute Gasteiger partial charge is 0.290 e. The largest absolute Gasteiger partial charge is 0.344 e. The Morgan fingerprint density at radius 3 is 2.55 bits per heavy atom. The first kappa shape index (κ1) is 14.7. The van der Waals surface area contributed by atoms with Gasteiger partial charge in [-0.1, -0.05) is 30.3 Å². The van der Waals surface area contributed by atoms with Gasteiger partial charge >= 0.3 is 0 Å². The number of nitrogens with zero attached hydrogens (tertiary/aromatic N) is 1. The van der Waals surface area contributed by atoms with E-state index in [4.69, 9.17) is 0 Å². The van der Waals surface area contributed by atoms with Crippen LogP contribution in [0.25, 0.3) is 6.08 Å². The first-order chi connectivity index (χ1) is 10.5. The maximum absolute atomic E-state index is 11.7. The van der Waals surface area contributed by atoms with Gasteiger partial charge < -0.3 is 4.57 Å². The van der Waals surface area contributed by atoms with E-state index in [1.807, 2.05) is 38.1 Å². The molecular weight excluding hydrogens is 296 g/mol. The van der Waals surface area contributed by atoms with E-state index in [-0.39, 0.29) is 11.1 Å². The van der Waals surface area contributed by atoms with Gasteiger partial charge in [0.25, 0.3) is 11.1 Å². The molecule has 0 atom stereocenters. The minimum absolute atomic E-state index is 0.311. The van der Waals surface area contributed by atoms with Crippen LogP contribution in [-0.4, -0.2) is 15.7 Å². The Morgan fingerprint density at radius 2 is 1.91 bits per heavy atom. The Balaban J connectivity index is 1.92. The van der Waals surface area contributed by atoms with Crippen molar-refractivity contribution in [1.29, 1.82) is 0 Å². The first-order valence-electron chi connectivity index (χ1n) is 7.00. The molecule has 1 fully saturated rings. The van der Waals surface area contributed by atoms with Crippen LogP contribution in [-0.2, 0) is 11.3 Å². The van der Waals surface area contributed by atoms with E-state index >= 15 is 0 Å². The van der Waals surface area contributed by atoms with Crippen molar-refractivity contribution in [1.82, 2.24) is 9.88 Å². The predicted octanol–water partition coefficient (Wildman–Crippen LogP) is 3.48. The van der Waals surface area contributed by atoms with Gasteiger partial charge in [-0.05, 0) is 48.9 Å². The molecule has 22 heavy (non-hydrogen) atoms. The molecule has 0 saturated carbocycles.